The van der Waals surface area contributed by atoms with Crippen molar-refractivity contribution in [3.8, 4) is 0 Å². The number of carbonyl (C=O) groups excluding carboxylic acids is 2. The van der Waals surface area contributed by atoms with Gasteiger partial charge in [-0.05, 0) is 37.1 Å². The van der Waals surface area contributed by atoms with E-state index in [4.69, 9.17) is 0 Å². The fourth-order valence-electron chi connectivity index (χ4n) is 2.12. The summed E-state index contributed by atoms with van der Waals surface area (Å²) in [5, 5.41) is 8.40. The Labute approximate surface area is 136 Å². The van der Waals surface area contributed by atoms with Crippen molar-refractivity contribution in [3.05, 3.63) is 59.7 Å². The Morgan fingerprint density at radius 3 is 2.39 bits per heavy atom. The summed E-state index contributed by atoms with van der Waals surface area (Å²) in [5.41, 5.74) is 2.62. The summed E-state index contributed by atoms with van der Waals surface area (Å²) in [6.45, 7) is 4.47. The molecule has 5 heteroatoms. The zero-order chi connectivity index (χ0) is 16.7. The molecule has 0 spiro atoms. The SMILES string of the molecule is CCCNC(=O)Nc1cccc(C)c1NC(=O)c1ccccc1. The number of nitrogens with one attached hydrogen (secondary N) is 3. The molecule has 0 unspecified atom stereocenters. The smallest absolute Gasteiger partial charge is 0.319 e. The van der Waals surface area contributed by atoms with Gasteiger partial charge in [0, 0.05) is 12.1 Å². The van der Waals surface area contributed by atoms with Gasteiger partial charge in [0.2, 0.25) is 0 Å². The minimum atomic E-state index is -0.285. The quantitative estimate of drug-likeness (QED) is 0.786. The summed E-state index contributed by atoms with van der Waals surface area (Å²) >= 11 is 0. The predicted octanol–water partition coefficient (Wildman–Crippen LogP) is 3.78. The molecule has 0 aromatic heterocycles. The van der Waals surface area contributed by atoms with Crippen LogP contribution in [0.4, 0.5) is 16.2 Å². The number of hydrogen-bond acceptors (Lipinski definition) is 2. The molecule has 2 aromatic carbocycles. The third kappa shape index (κ3) is 4.57. The van der Waals surface area contributed by atoms with Crippen LogP contribution in [0, 0.1) is 6.92 Å². The minimum Gasteiger partial charge on any atom is -0.338 e. The number of rotatable bonds is 5. The molecule has 2 rings (SSSR count). The second kappa shape index (κ2) is 7.98. The van der Waals surface area contributed by atoms with Crippen LogP contribution in [-0.4, -0.2) is 18.5 Å². The van der Waals surface area contributed by atoms with E-state index >= 15 is 0 Å². The molecule has 0 atom stereocenters. The Morgan fingerprint density at radius 1 is 0.957 bits per heavy atom. The highest BCUT2D eigenvalue weighted by atomic mass is 16.2. The van der Waals surface area contributed by atoms with Crippen LogP contribution in [0.3, 0.4) is 0 Å². The van der Waals surface area contributed by atoms with E-state index in [0.717, 1.165) is 12.0 Å². The van der Waals surface area contributed by atoms with Crippen molar-refractivity contribution in [2.24, 2.45) is 0 Å². The lowest BCUT2D eigenvalue weighted by atomic mass is 10.1. The lowest BCUT2D eigenvalue weighted by Crippen LogP contribution is -2.29. The number of hydrogen-bond donors (Lipinski definition) is 3. The molecule has 0 fully saturated rings. The van der Waals surface area contributed by atoms with Gasteiger partial charge in [-0.1, -0.05) is 37.3 Å². The van der Waals surface area contributed by atoms with Crippen LogP contribution in [0.25, 0.3) is 0 Å². The maximum absolute atomic E-state index is 12.3. The lowest BCUT2D eigenvalue weighted by molar-refractivity contribution is 0.102. The summed E-state index contributed by atoms with van der Waals surface area (Å²) in [6.07, 6.45) is 0.860. The first-order chi connectivity index (χ1) is 11.1. The Morgan fingerprint density at radius 2 is 1.70 bits per heavy atom. The van der Waals surface area contributed by atoms with E-state index in [2.05, 4.69) is 16.0 Å². The molecule has 120 valence electrons. The van der Waals surface area contributed by atoms with E-state index in [-0.39, 0.29) is 11.9 Å². The monoisotopic (exact) mass is 311 g/mol. The normalized spacial score (nSPS) is 10.0. The summed E-state index contributed by atoms with van der Waals surface area (Å²) in [5.74, 6) is -0.211. The van der Waals surface area contributed by atoms with E-state index in [1.165, 1.54) is 0 Å². The van der Waals surface area contributed by atoms with Gasteiger partial charge in [0.05, 0.1) is 11.4 Å². The second-order valence-electron chi connectivity index (χ2n) is 5.20. The molecule has 0 aliphatic rings. The molecule has 0 bridgehead atoms. The topological polar surface area (TPSA) is 70.2 Å². The van der Waals surface area contributed by atoms with Gasteiger partial charge in [-0.2, -0.15) is 0 Å². The molecule has 0 aliphatic carbocycles. The Hall–Kier alpha value is -2.82. The van der Waals surface area contributed by atoms with Gasteiger partial charge in [-0.15, -0.1) is 0 Å². The standard InChI is InChI=1S/C18H21N3O2/c1-3-12-19-18(23)20-15-11-7-8-13(2)16(15)21-17(22)14-9-5-4-6-10-14/h4-11H,3,12H2,1-2H3,(H,21,22)(H2,19,20,23). The Bertz CT molecular complexity index is 684. The van der Waals surface area contributed by atoms with Crippen molar-refractivity contribution in [3.63, 3.8) is 0 Å². The van der Waals surface area contributed by atoms with Crippen LogP contribution in [0.15, 0.2) is 48.5 Å². The summed E-state index contributed by atoms with van der Waals surface area (Å²) < 4.78 is 0. The van der Waals surface area contributed by atoms with Gasteiger partial charge in [-0.3, -0.25) is 4.79 Å². The van der Waals surface area contributed by atoms with Crippen molar-refractivity contribution in [1.82, 2.24) is 5.32 Å². The van der Waals surface area contributed by atoms with Gasteiger partial charge in [0.15, 0.2) is 0 Å². The predicted molar refractivity (Wildman–Crippen MR) is 92.9 cm³/mol. The van der Waals surface area contributed by atoms with Gasteiger partial charge < -0.3 is 16.0 Å². The fourth-order valence-corrected chi connectivity index (χ4v) is 2.12. The lowest BCUT2D eigenvalue weighted by Gasteiger charge is -2.15. The highest BCUT2D eigenvalue weighted by molar-refractivity contribution is 6.07. The third-order valence-electron chi connectivity index (χ3n) is 3.33. The van der Waals surface area contributed by atoms with Gasteiger partial charge in [0.1, 0.15) is 0 Å². The van der Waals surface area contributed by atoms with E-state index in [1.54, 1.807) is 18.2 Å². The van der Waals surface area contributed by atoms with Crippen molar-refractivity contribution < 1.29 is 9.59 Å². The van der Waals surface area contributed by atoms with E-state index in [1.807, 2.05) is 44.2 Å². The van der Waals surface area contributed by atoms with E-state index in [9.17, 15) is 9.59 Å². The summed E-state index contributed by atoms with van der Waals surface area (Å²) in [6, 6.07) is 14.2. The van der Waals surface area contributed by atoms with Crippen LogP contribution in [-0.2, 0) is 0 Å². The molecule has 0 heterocycles. The maximum Gasteiger partial charge on any atom is 0.319 e. The summed E-state index contributed by atoms with van der Waals surface area (Å²) in [4.78, 5) is 24.2. The molecule has 5 nitrogen and oxygen atoms in total. The number of carbonyl (C=O) groups is 2. The molecular weight excluding hydrogens is 290 g/mol. The highest BCUT2D eigenvalue weighted by Gasteiger charge is 2.12. The molecule has 23 heavy (non-hydrogen) atoms. The molecule has 2 aromatic rings. The first-order valence-corrected chi connectivity index (χ1v) is 7.62. The van der Waals surface area contributed by atoms with Crippen LogP contribution in [0.2, 0.25) is 0 Å². The van der Waals surface area contributed by atoms with Crippen molar-refractivity contribution in [1.29, 1.82) is 0 Å². The average molecular weight is 311 g/mol. The Balaban J connectivity index is 2.17. The maximum atomic E-state index is 12.3. The van der Waals surface area contributed by atoms with Crippen molar-refractivity contribution in [2.45, 2.75) is 20.3 Å². The number of benzene rings is 2. The van der Waals surface area contributed by atoms with Gasteiger partial charge >= 0.3 is 6.03 Å². The average Bonchev–Trinajstić information content (AvgIpc) is 2.56. The highest BCUT2D eigenvalue weighted by Crippen LogP contribution is 2.26. The molecule has 3 amide bonds. The first kappa shape index (κ1) is 16.5. The van der Waals surface area contributed by atoms with Crippen LogP contribution in [0.1, 0.15) is 29.3 Å². The van der Waals surface area contributed by atoms with Crippen LogP contribution >= 0.6 is 0 Å². The number of aryl methyl sites for hydroxylation is 1. The molecule has 0 saturated carbocycles. The Kier molecular flexibility index (Phi) is 5.74. The molecule has 0 radical (unpaired) electrons. The first-order valence-electron chi connectivity index (χ1n) is 7.62. The zero-order valence-corrected chi connectivity index (χ0v) is 13.3. The number of urea groups is 1. The molecule has 0 aliphatic heterocycles. The fraction of sp³-hybridized carbons (Fsp3) is 0.222. The van der Waals surface area contributed by atoms with Crippen molar-refractivity contribution >= 4 is 23.3 Å². The molecule has 3 N–H and O–H groups in total. The van der Waals surface area contributed by atoms with Crippen LogP contribution < -0.4 is 16.0 Å². The third-order valence-corrected chi connectivity index (χ3v) is 3.33. The zero-order valence-electron chi connectivity index (χ0n) is 13.3. The number of para-hydroxylation sites is 1. The van der Waals surface area contributed by atoms with E-state index in [0.29, 0.717) is 23.5 Å². The number of amides is 3. The largest absolute Gasteiger partial charge is 0.338 e. The van der Waals surface area contributed by atoms with Gasteiger partial charge in [0.25, 0.3) is 5.91 Å². The molecular formula is C18H21N3O2. The van der Waals surface area contributed by atoms with Gasteiger partial charge in [-0.25, -0.2) is 4.79 Å². The molecule has 0 saturated heterocycles. The number of anilines is 2. The van der Waals surface area contributed by atoms with Crippen molar-refractivity contribution in [2.75, 3.05) is 17.2 Å². The summed E-state index contributed by atoms with van der Waals surface area (Å²) in [7, 11) is 0. The van der Waals surface area contributed by atoms with E-state index < -0.39 is 0 Å². The second-order valence-corrected chi connectivity index (χ2v) is 5.20. The minimum absolute atomic E-state index is 0.211. The van der Waals surface area contributed by atoms with Crippen LogP contribution in [0.5, 0.6) is 0 Å².